The van der Waals surface area contributed by atoms with Crippen molar-refractivity contribution in [3.8, 4) is 11.5 Å². The van der Waals surface area contributed by atoms with Gasteiger partial charge in [-0.3, -0.25) is 0 Å². The van der Waals surface area contributed by atoms with Crippen molar-refractivity contribution in [2.75, 3.05) is 87.3 Å². The number of fused-ring (bicyclic) bond motifs is 2. The number of nitrogens with zero attached hydrogens (tertiary/aromatic N) is 2. The minimum Gasteiger partial charge on any atom is -0.494 e. The van der Waals surface area contributed by atoms with Gasteiger partial charge in [-0.25, -0.2) is 9.59 Å². The molecular weight excluding hydrogens is 911 g/mol. The number of aliphatic hydroxyl groups excluding tert-OH is 4. The lowest BCUT2D eigenvalue weighted by atomic mass is 10.0. The topological polar surface area (TPSA) is 207 Å². The SMILES string of the molecule is COc1c(NC(=O)N[C@@H]2Cc3ccccc3[C@@H]2O)cc(N2CCOCC2)cc1[C@@H](O)C(F)(F)F.COc1c(NC(=O)N[C@@H]2Cc3ccccc3[C@@H]2O)cc(N2CCOCC2)cc1[C@H](O)C(F)(F)F. The van der Waals surface area contributed by atoms with Crippen molar-refractivity contribution in [2.24, 2.45) is 0 Å². The lowest BCUT2D eigenvalue weighted by Gasteiger charge is -2.31. The number of alkyl halides is 6. The number of hydrogen-bond donors (Lipinski definition) is 8. The van der Waals surface area contributed by atoms with E-state index < -0.39 is 72.0 Å². The monoisotopic (exact) mass is 962 g/mol. The second-order valence-corrected chi connectivity index (χ2v) is 16.4. The van der Waals surface area contributed by atoms with E-state index in [2.05, 4.69) is 21.3 Å². The van der Waals surface area contributed by atoms with Gasteiger partial charge in [0.25, 0.3) is 0 Å². The Bertz CT molecular complexity index is 2250. The summed E-state index contributed by atoms with van der Waals surface area (Å²) in [5, 5.41) is 51.5. The molecule has 2 saturated heterocycles. The summed E-state index contributed by atoms with van der Waals surface area (Å²) < 4.78 is 101. The van der Waals surface area contributed by atoms with Crippen molar-refractivity contribution in [2.45, 2.75) is 61.7 Å². The summed E-state index contributed by atoms with van der Waals surface area (Å²) in [7, 11) is 2.33. The van der Waals surface area contributed by atoms with Crippen LogP contribution in [0.1, 0.15) is 57.8 Å². The van der Waals surface area contributed by atoms with E-state index in [1.165, 1.54) is 24.3 Å². The van der Waals surface area contributed by atoms with Gasteiger partial charge in [0.1, 0.15) is 11.5 Å². The first kappa shape index (κ1) is 49.9. The number of amides is 4. The Hall–Kier alpha value is -6.04. The van der Waals surface area contributed by atoms with Crippen LogP contribution < -0.4 is 40.5 Å². The van der Waals surface area contributed by atoms with E-state index >= 15 is 0 Å². The number of halogens is 6. The number of rotatable bonds is 10. The molecule has 0 spiro atoms. The smallest absolute Gasteiger partial charge is 0.418 e. The van der Waals surface area contributed by atoms with Crippen LogP contribution in [0, 0.1) is 0 Å². The molecule has 2 heterocycles. The van der Waals surface area contributed by atoms with Gasteiger partial charge in [0.2, 0.25) is 0 Å². The van der Waals surface area contributed by atoms with Crippen molar-refractivity contribution in [1.29, 1.82) is 0 Å². The van der Waals surface area contributed by atoms with Gasteiger partial charge in [-0.2, -0.15) is 26.3 Å². The first-order valence-corrected chi connectivity index (χ1v) is 21.6. The fourth-order valence-electron chi connectivity index (χ4n) is 8.74. The maximum Gasteiger partial charge on any atom is 0.418 e. The second kappa shape index (κ2) is 21.1. The number of nitrogens with one attached hydrogen (secondary N) is 4. The zero-order valence-corrected chi connectivity index (χ0v) is 36.9. The Morgan fingerprint density at radius 3 is 1.29 bits per heavy atom. The molecular formula is C46H52F6N6O10. The van der Waals surface area contributed by atoms with Crippen LogP contribution >= 0.6 is 0 Å². The third-order valence-corrected chi connectivity index (χ3v) is 12.1. The molecule has 16 nitrogen and oxygen atoms in total. The summed E-state index contributed by atoms with van der Waals surface area (Å²) >= 11 is 0. The Morgan fingerprint density at radius 2 is 0.971 bits per heavy atom. The van der Waals surface area contributed by atoms with Gasteiger partial charge in [-0.05, 0) is 59.4 Å². The number of aliphatic hydroxyl groups is 4. The minimum atomic E-state index is -4.93. The molecule has 2 fully saturated rings. The normalized spacial score (nSPS) is 21.1. The third kappa shape index (κ3) is 11.3. The number of carbonyl (C=O) groups excluding carboxylic acids is 2. The Balaban J connectivity index is 0.000000201. The van der Waals surface area contributed by atoms with Gasteiger partial charge in [0.15, 0.2) is 12.2 Å². The second-order valence-electron chi connectivity index (χ2n) is 16.4. The van der Waals surface area contributed by atoms with E-state index in [4.69, 9.17) is 18.9 Å². The number of methoxy groups -OCH3 is 2. The first-order chi connectivity index (χ1) is 32.4. The summed E-state index contributed by atoms with van der Waals surface area (Å²) in [4.78, 5) is 29.2. The Kier molecular flexibility index (Phi) is 15.5. The Labute approximate surface area is 386 Å². The fraction of sp³-hybridized carbons (Fsp3) is 0.435. The number of urea groups is 2. The molecule has 0 unspecified atom stereocenters. The zero-order valence-electron chi connectivity index (χ0n) is 36.9. The predicted molar refractivity (Wildman–Crippen MR) is 236 cm³/mol. The summed E-state index contributed by atoms with van der Waals surface area (Å²) in [6.45, 7) is 3.33. The van der Waals surface area contributed by atoms with Crippen LogP contribution in [-0.4, -0.2) is 124 Å². The first-order valence-electron chi connectivity index (χ1n) is 21.6. The quantitative estimate of drug-likeness (QED) is 0.0887. The van der Waals surface area contributed by atoms with Gasteiger partial charge in [-0.1, -0.05) is 48.5 Å². The van der Waals surface area contributed by atoms with Crippen LogP contribution in [-0.2, 0) is 22.3 Å². The molecule has 0 bridgehead atoms. The molecule has 0 radical (unpaired) electrons. The number of morpholine rings is 2. The molecule has 4 aromatic rings. The lowest BCUT2D eigenvalue weighted by Crippen LogP contribution is -2.40. The molecule has 22 heteroatoms. The van der Waals surface area contributed by atoms with Gasteiger partial charge >= 0.3 is 24.4 Å². The van der Waals surface area contributed by atoms with Crippen molar-refractivity contribution in [3.05, 3.63) is 106 Å². The zero-order chi connectivity index (χ0) is 48.9. The van der Waals surface area contributed by atoms with Crippen molar-refractivity contribution in [3.63, 3.8) is 0 Å². The van der Waals surface area contributed by atoms with E-state index in [0.717, 1.165) is 36.5 Å². The average molecular weight is 963 g/mol. The van der Waals surface area contributed by atoms with Crippen molar-refractivity contribution < 1.29 is 75.3 Å². The predicted octanol–water partition coefficient (Wildman–Crippen LogP) is 5.81. The maximum absolute atomic E-state index is 13.4. The summed E-state index contributed by atoms with van der Waals surface area (Å²) in [6.07, 6.45) is -16.5. The number of hydrogen-bond acceptors (Lipinski definition) is 12. The highest BCUT2D eigenvalue weighted by Crippen LogP contribution is 2.45. The highest BCUT2D eigenvalue weighted by Gasteiger charge is 2.44. The molecule has 68 heavy (non-hydrogen) atoms. The largest absolute Gasteiger partial charge is 0.494 e. The molecule has 4 aromatic carbocycles. The van der Waals surface area contributed by atoms with E-state index in [0.29, 0.717) is 76.8 Å². The standard InChI is InChI=1S/2C23H26F3N3O5/c2*1-33-20-16(21(31)23(24,25)26)11-14(29-6-8-34-9-7-29)12-18(20)28-22(32)27-17-10-13-4-2-3-5-15(13)19(17)30/h2*2-5,11-12,17,19,21,30-31H,6-10H2,1H3,(H2,27,28,32)/t17-,19+,21+;17-,19+,21-/m11/s1. The summed E-state index contributed by atoms with van der Waals surface area (Å²) in [5.74, 6) is -0.598. The van der Waals surface area contributed by atoms with Crippen LogP contribution in [0.25, 0.3) is 0 Å². The van der Waals surface area contributed by atoms with Crippen LogP contribution in [0.2, 0.25) is 0 Å². The van der Waals surface area contributed by atoms with Crippen molar-refractivity contribution >= 4 is 34.8 Å². The molecule has 0 aromatic heterocycles. The van der Waals surface area contributed by atoms with E-state index in [-0.39, 0.29) is 22.9 Å². The molecule has 2 aliphatic carbocycles. The van der Waals surface area contributed by atoms with Crippen LogP contribution in [0.4, 0.5) is 58.7 Å². The Morgan fingerprint density at radius 1 is 0.618 bits per heavy atom. The molecule has 0 saturated carbocycles. The van der Waals surface area contributed by atoms with Crippen LogP contribution in [0.5, 0.6) is 11.5 Å². The van der Waals surface area contributed by atoms with Gasteiger partial charge < -0.3 is 70.4 Å². The van der Waals surface area contributed by atoms with Gasteiger partial charge in [-0.15, -0.1) is 0 Å². The van der Waals surface area contributed by atoms with Crippen molar-refractivity contribution in [1.82, 2.24) is 10.6 Å². The number of benzene rings is 4. The maximum atomic E-state index is 13.4. The average Bonchev–Trinajstić information content (AvgIpc) is 3.81. The lowest BCUT2D eigenvalue weighted by molar-refractivity contribution is -0.207. The van der Waals surface area contributed by atoms with Gasteiger partial charge in [0.05, 0.1) is 76.3 Å². The molecule has 8 rings (SSSR count). The molecule has 368 valence electrons. The van der Waals surface area contributed by atoms with E-state index in [1.54, 1.807) is 34.1 Å². The third-order valence-electron chi connectivity index (χ3n) is 12.1. The highest BCUT2D eigenvalue weighted by molar-refractivity contribution is 5.93. The fourth-order valence-corrected chi connectivity index (χ4v) is 8.74. The summed E-state index contributed by atoms with van der Waals surface area (Å²) in [5.41, 5.74) is 2.91. The molecule has 8 N–H and O–H groups in total. The molecule has 4 amide bonds. The molecule has 4 aliphatic rings. The molecule has 2 aliphatic heterocycles. The van der Waals surface area contributed by atoms with Crippen LogP contribution in [0.3, 0.4) is 0 Å². The van der Waals surface area contributed by atoms with Gasteiger partial charge in [0, 0.05) is 48.7 Å². The minimum absolute atomic E-state index is 0.0349. The number of carbonyl (C=O) groups is 2. The van der Waals surface area contributed by atoms with E-state index in [1.807, 2.05) is 24.3 Å². The summed E-state index contributed by atoms with van der Waals surface area (Å²) in [6, 6.07) is 17.3. The highest BCUT2D eigenvalue weighted by atomic mass is 19.4. The number of ether oxygens (including phenoxy) is 4. The molecule has 6 atom stereocenters. The van der Waals surface area contributed by atoms with E-state index in [9.17, 15) is 56.4 Å². The van der Waals surface area contributed by atoms with Crippen LogP contribution in [0.15, 0.2) is 72.8 Å². The number of anilines is 4.